The summed E-state index contributed by atoms with van der Waals surface area (Å²) in [7, 11) is 0. The average molecular weight is 226 g/mol. The number of hydrogen-bond acceptors (Lipinski definition) is 3. The van der Waals surface area contributed by atoms with Crippen molar-refractivity contribution in [2.45, 2.75) is 31.7 Å². The van der Waals surface area contributed by atoms with Gasteiger partial charge in [0.2, 0.25) is 5.91 Å². The fourth-order valence-electron chi connectivity index (χ4n) is 2.11. The molecule has 0 heterocycles. The summed E-state index contributed by atoms with van der Waals surface area (Å²) in [6.45, 7) is 5.22. The second-order valence-electron chi connectivity index (χ2n) is 4.30. The minimum Gasteiger partial charge on any atom is -0.395 e. The lowest BCUT2D eigenvalue weighted by molar-refractivity contribution is -0.122. The van der Waals surface area contributed by atoms with Crippen LogP contribution in [0, 0.1) is 0 Å². The molecule has 0 spiro atoms. The first kappa shape index (κ1) is 13.2. The normalized spacial score (nSPS) is 16.6. The summed E-state index contributed by atoms with van der Waals surface area (Å²) in [4.78, 5) is 13.6. The maximum absolute atomic E-state index is 11.7. The Labute approximate surface area is 97.3 Å². The lowest BCUT2D eigenvalue weighted by Crippen LogP contribution is -2.42. The van der Waals surface area contributed by atoms with E-state index in [0.717, 1.165) is 12.8 Å². The first-order valence-electron chi connectivity index (χ1n) is 5.99. The van der Waals surface area contributed by atoms with E-state index in [-0.39, 0.29) is 12.5 Å². The van der Waals surface area contributed by atoms with Crippen LogP contribution in [0.15, 0.2) is 12.7 Å². The van der Waals surface area contributed by atoms with Crippen LogP contribution in [-0.4, -0.2) is 48.2 Å². The van der Waals surface area contributed by atoms with Gasteiger partial charge in [0.05, 0.1) is 13.2 Å². The summed E-state index contributed by atoms with van der Waals surface area (Å²) in [5, 5.41) is 11.9. The summed E-state index contributed by atoms with van der Waals surface area (Å²) in [5.41, 5.74) is 0. The molecular formula is C12H22N2O2. The number of carbonyl (C=O) groups is 1. The smallest absolute Gasteiger partial charge is 0.234 e. The van der Waals surface area contributed by atoms with E-state index in [0.29, 0.717) is 25.7 Å². The Morgan fingerprint density at radius 3 is 2.75 bits per heavy atom. The molecule has 0 unspecified atom stereocenters. The molecule has 1 rings (SSSR count). The second-order valence-corrected chi connectivity index (χ2v) is 4.30. The molecule has 16 heavy (non-hydrogen) atoms. The first-order valence-corrected chi connectivity index (χ1v) is 5.99. The van der Waals surface area contributed by atoms with Gasteiger partial charge in [0.15, 0.2) is 0 Å². The van der Waals surface area contributed by atoms with E-state index >= 15 is 0 Å². The number of aliphatic hydroxyl groups excluding tert-OH is 1. The summed E-state index contributed by atoms with van der Waals surface area (Å²) >= 11 is 0. The molecule has 0 aromatic heterocycles. The van der Waals surface area contributed by atoms with Crippen LogP contribution in [0.1, 0.15) is 25.7 Å². The van der Waals surface area contributed by atoms with Crippen LogP contribution in [0.4, 0.5) is 0 Å². The van der Waals surface area contributed by atoms with Crippen LogP contribution in [-0.2, 0) is 4.79 Å². The van der Waals surface area contributed by atoms with Gasteiger partial charge in [-0.05, 0) is 12.8 Å². The van der Waals surface area contributed by atoms with Crippen molar-refractivity contribution in [2.75, 3.05) is 26.2 Å². The number of nitrogens with zero attached hydrogens (tertiary/aromatic N) is 1. The van der Waals surface area contributed by atoms with E-state index in [2.05, 4.69) is 11.9 Å². The van der Waals surface area contributed by atoms with E-state index in [1.165, 1.54) is 12.8 Å². The van der Waals surface area contributed by atoms with Crippen molar-refractivity contribution in [3.63, 3.8) is 0 Å². The predicted molar refractivity (Wildman–Crippen MR) is 64.1 cm³/mol. The van der Waals surface area contributed by atoms with Gasteiger partial charge in [-0.15, -0.1) is 6.58 Å². The van der Waals surface area contributed by atoms with Crippen LogP contribution < -0.4 is 5.32 Å². The molecule has 0 saturated heterocycles. The number of nitrogens with one attached hydrogen (secondary N) is 1. The van der Waals surface area contributed by atoms with Gasteiger partial charge in [0, 0.05) is 19.1 Å². The summed E-state index contributed by atoms with van der Waals surface area (Å²) in [6, 6.07) is 0.368. The van der Waals surface area contributed by atoms with E-state index in [4.69, 9.17) is 5.11 Å². The van der Waals surface area contributed by atoms with Gasteiger partial charge in [0.25, 0.3) is 0 Å². The van der Waals surface area contributed by atoms with Gasteiger partial charge in [-0.3, -0.25) is 9.69 Å². The second kappa shape index (κ2) is 7.41. The molecular weight excluding hydrogens is 204 g/mol. The molecule has 92 valence electrons. The molecule has 0 aromatic carbocycles. The van der Waals surface area contributed by atoms with Crippen molar-refractivity contribution in [1.82, 2.24) is 10.2 Å². The molecule has 0 atom stereocenters. The summed E-state index contributed by atoms with van der Waals surface area (Å²) in [5.74, 6) is 0.0576. The standard InChI is InChI=1S/C12H22N2O2/c1-2-7-14(8-9-15)10-12(16)13-11-5-3-4-6-11/h2,11,15H,1,3-10H2,(H,13,16). The third-order valence-electron chi connectivity index (χ3n) is 2.89. The maximum atomic E-state index is 11.7. The Hall–Kier alpha value is -0.870. The van der Waals surface area contributed by atoms with E-state index in [1.807, 2.05) is 4.90 Å². The molecule has 1 saturated carbocycles. The monoisotopic (exact) mass is 226 g/mol. The third kappa shape index (κ3) is 4.77. The van der Waals surface area contributed by atoms with Crippen molar-refractivity contribution in [2.24, 2.45) is 0 Å². The van der Waals surface area contributed by atoms with Crippen LogP contribution in [0.3, 0.4) is 0 Å². The largest absolute Gasteiger partial charge is 0.395 e. The Bertz CT molecular complexity index is 225. The minimum absolute atomic E-state index is 0.0576. The first-order chi connectivity index (χ1) is 7.76. The van der Waals surface area contributed by atoms with Crippen molar-refractivity contribution in [3.8, 4) is 0 Å². The predicted octanol–water partition coefficient (Wildman–Crippen LogP) is 0.525. The fraction of sp³-hybridized carbons (Fsp3) is 0.750. The van der Waals surface area contributed by atoms with Crippen molar-refractivity contribution < 1.29 is 9.90 Å². The molecule has 4 nitrogen and oxygen atoms in total. The minimum atomic E-state index is 0.0576. The quantitative estimate of drug-likeness (QED) is 0.622. The number of carbonyl (C=O) groups excluding carboxylic acids is 1. The number of rotatable bonds is 7. The molecule has 1 fully saturated rings. The summed E-state index contributed by atoms with van der Waals surface area (Å²) in [6.07, 6.45) is 6.40. The molecule has 0 radical (unpaired) electrons. The average Bonchev–Trinajstić information content (AvgIpc) is 2.71. The van der Waals surface area contributed by atoms with E-state index < -0.39 is 0 Å². The van der Waals surface area contributed by atoms with Gasteiger partial charge in [-0.2, -0.15) is 0 Å². The molecule has 1 aliphatic carbocycles. The van der Waals surface area contributed by atoms with Crippen LogP contribution >= 0.6 is 0 Å². The highest BCUT2D eigenvalue weighted by molar-refractivity contribution is 5.78. The Morgan fingerprint density at radius 2 is 2.19 bits per heavy atom. The van der Waals surface area contributed by atoms with Gasteiger partial charge < -0.3 is 10.4 Å². The van der Waals surface area contributed by atoms with Gasteiger partial charge in [-0.25, -0.2) is 0 Å². The number of amides is 1. The third-order valence-corrected chi connectivity index (χ3v) is 2.89. The Kier molecular flexibility index (Phi) is 6.11. The lowest BCUT2D eigenvalue weighted by atomic mass is 10.2. The molecule has 0 bridgehead atoms. The number of hydrogen-bond donors (Lipinski definition) is 2. The molecule has 0 aromatic rings. The van der Waals surface area contributed by atoms with Crippen molar-refractivity contribution in [3.05, 3.63) is 12.7 Å². The highest BCUT2D eigenvalue weighted by Crippen LogP contribution is 2.17. The van der Waals surface area contributed by atoms with Crippen molar-refractivity contribution >= 4 is 5.91 Å². The van der Waals surface area contributed by atoms with E-state index in [1.54, 1.807) is 6.08 Å². The summed E-state index contributed by atoms with van der Waals surface area (Å²) < 4.78 is 0. The lowest BCUT2D eigenvalue weighted by Gasteiger charge is -2.20. The Morgan fingerprint density at radius 1 is 1.50 bits per heavy atom. The van der Waals surface area contributed by atoms with Crippen molar-refractivity contribution in [1.29, 1.82) is 0 Å². The van der Waals surface area contributed by atoms with Gasteiger partial charge >= 0.3 is 0 Å². The SMILES string of the molecule is C=CCN(CCO)CC(=O)NC1CCCC1. The highest BCUT2D eigenvalue weighted by atomic mass is 16.3. The zero-order valence-corrected chi connectivity index (χ0v) is 9.82. The van der Waals surface area contributed by atoms with Gasteiger partial charge in [-0.1, -0.05) is 18.9 Å². The van der Waals surface area contributed by atoms with Crippen LogP contribution in [0.5, 0.6) is 0 Å². The fourth-order valence-corrected chi connectivity index (χ4v) is 2.11. The highest BCUT2D eigenvalue weighted by Gasteiger charge is 2.18. The number of aliphatic hydroxyl groups is 1. The zero-order chi connectivity index (χ0) is 11.8. The molecule has 1 aliphatic rings. The van der Waals surface area contributed by atoms with Crippen LogP contribution in [0.25, 0.3) is 0 Å². The molecule has 1 amide bonds. The zero-order valence-electron chi connectivity index (χ0n) is 9.82. The van der Waals surface area contributed by atoms with Gasteiger partial charge in [0.1, 0.15) is 0 Å². The maximum Gasteiger partial charge on any atom is 0.234 e. The topological polar surface area (TPSA) is 52.6 Å². The molecule has 2 N–H and O–H groups in total. The molecule has 0 aliphatic heterocycles. The van der Waals surface area contributed by atoms with E-state index in [9.17, 15) is 4.79 Å². The molecule has 4 heteroatoms. The Balaban J connectivity index is 2.26. The van der Waals surface area contributed by atoms with Crippen LogP contribution in [0.2, 0.25) is 0 Å².